The largest absolute Gasteiger partial charge is 0.493 e. The summed E-state index contributed by atoms with van der Waals surface area (Å²) in [5.41, 5.74) is 0.849. The maximum absolute atomic E-state index is 12.0. The van der Waals surface area contributed by atoms with Gasteiger partial charge in [-0.05, 0) is 36.4 Å². The molecule has 24 heavy (non-hydrogen) atoms. The fraction of sp³-hybridized carbons (Fsp3) is 0.389. The average molecular weight is 349 g/mol. The van der Waals surface area contributed by atoms with Crippen LogP contribution in [0.5, 0.6) is 17.2 Å². The van der Waals surface area contributed by atoms with Crippen LogP contribution in [0.2, 0.25) is 0 Å². The second-order valence-corrected chi connectivity index (χ2v) is 6.24. The van der Waals surface area contributed by atoms with Crippen molar-refractivity contribution in [2.24, 2.45) is 0 Å². The molecule has 1 N–H and O–H groups in total. The van der Waals surface area contributed by atoms with E-state index in [-0.39, 0.29) is 5.91 Å². The van der Waals surface area contributed by atoms with Crippen LogP contribution >= 0.6 is 11.3 Å². The van der Waals surface area contributed by atoms with Gasteiger partial charge in [-0.25, -0.2) is 0 Å². The third kappa shape index (κ3) is 4.64. The molecular weight excluding hydrogens is 326 g/mol. The molecule has 0 saturated carbocycles. The molecule has 5 nitrogen and oxygen atoms in total. The van der Waals surface area contributed by atoms with Gasteiger partial charge in [0.15, 0.2) is 11.5 Å². The molecule has 0 aliphatic heterocycles. The highest BCUT2D eigenvalue weighted by Crippen LogP contribution is 2.39. The molecule has 0 radical (unpaired) electrons. The SMILES string of the molecule is COc1ccc(CNC(=O)CCCc2cccs2)c(OC)c1OC. The number of amides is 1. The van der Waals surface area contributed by atoms with Crippen LogP contribution in [0.1, 0.15) is 23.3 Å². The summed E-state index contributed by atoms with van der Waals surface area (Å²) in [6, 6.07) is 7.80. The predicted molar refractivity (Wildman–Crippen MR) is 95.2 cm³/mol. The van der Waals surface area contributed by atoms with E-state index in [1.54, 1.807) is 38.7 Å². The van der Waals surface area contributed by atoms with Crippen molar-refractivity contribution in [3.05, 3.63) is 40.1 Å². The number of ether oxygens (including phenoxy) is 3. The van der Waals surface area contributed by atoms with Crippen LogP contribution in [0, 0.1) is 0 Å². The van der Waals surface area contributed by atoms with Gasteiger partial charge < -0.3 is 19.5 Å². The minimum absolute atomic E-state index is 0.0309. The third-order valence-corrected chi connectivity index (χ3v) is 4.61. The van der Waals surface area contributed by atoms with Gasteiger partial charge in [0.05, 0.1) is 21.3 Å². The number of carbonyl (C=O) groups excluding carboxylic acids is 1. The standard InChI is InChI=1S/C18H23NO4S/c1-21-15-10-9-13(17(22-2)18(15)23-3)12-19-16(20)8-4-6-14-7-5-11-24-14/h5,7,9-11H,4,6,8,12H2,1-3H3,(H,19,20). The van der Waals surface area contributed by atoms with E-state index < -0.39 is 0 Å². The topological polar surface area (TPSA) is 56.8 Å². The first-order valence-corrected chi connectivity index (χ1v) is 8.64. The number of aryl methyl sites for hydroxylation is 1. The summed E-state index contributed by atoms with van der Waals surface area (Å²) in [5, 5.41) is 4.98. The molecule has 1 heterocycles. The molecule has 130 valence electrons. The molecule has 0 aliphatic carbocycles. The lowest BCUT2D eigenvalue weighted by molar-refractivity contribution is -0.121. The Balaban J connectivity index is 1.89. The van der Waals surface area contributed by atoms with Crippen LogP contribution in [0.15, 0.2) is 29.6 Å². The zero-order chi connectivity index (χ0) is 17.4. The van der Waals surface area contributed by atoms with Gasteiger partial charge in [-0.2, -0.15) is 0 Å². The monoisotopic (exact) mass is 349 g/mol. The Labute approximate surface area is 146 Å². The highest BCUT2D eigenvalue weighted by atomic mass is 32.1. The number of nitrogens with one attached hydrogen (secondary N) is 1. The first-order valence-electron chi connectivity index (χ1n) is 7.76. The van der Waals surface area contributed by atoms with Crippen LogP contribution < -0.4 is 19.5 Å². The Morgan fingerprint density at radius 3 is 2.50 bits per heavy atom. The molecule has 0 bridgehead atoms. The molecular formula is C18H23NO4S. The Kier molecular flexibility index (Phi) is 6.93. The van der Waals surface area contributed by atoms with Crippen molar-refractivity contribution in [3.8, 4) is 17.2 Å². The second kappa shape index (κ2) is 9.17. The quantitative estimate of drug-likeness (QED) is 0.754. The molecule has 0 fully saturated rings. The van der Waals surface area contributed by atoms with E-state index in [0.29, 0.717) is 30.2 Å². The Morgan fingerprint density at radius 2 is 1.88 bits per heavy atom. The maximum atomic E-state index is 12.0. The smallest absolute Gasteiger partial charge is 0.220 e. The normalized spacial score (nSPS) is 10.3. The summed E-state index contributed by atoms with van der Waals surface area (Å²) in [6.07, 6.45) is 2.29. The van der Waals surface area contributed by atoms with Crippen LogP contribution in [-0.4, -0.2) is 27.2 Å². The van der Waals surface area contributed by atoms with Crippen LogP contribution in [-0.2, 0) is 17.8 Å². The van der Waals surface area contributed by atoms with Gasteiger partial charge in [-0.15, -0.1) is 11.3 Å². The summed E-state index contributed by atoms with van der Waals surface area (Å²) >= 11 is 1.72. The van der Waals surface area contributed by atoms with Gasteiger partial charge in [-0.3, -0.25) is 4.79 Å². The third-order valence-electron chi connectivity index (χ3n) is 3.67. The predicted octanol–water partition coefficient (Wildman–Crippen LogP) is 3.41. The Hall–Kier alpha value is -2.21. The molecule has 1 aromatic heterocycles. The summed E-state index contributed by atoms with van der Waals surface area (Å²) in [4.78, 5) is 13.3. The highest BCUT2D eigenvalue weighted by molar-refractivity contribution is 7.09. The number of carbonyl (C=O) groups is 1. The molecule has 1 aromatic carbocycles. The van der Waals surface area contributed by atoms with E-state index in [2.05, 4.69) is 16.8 Å². The van der Waals surface area contributed by atoms with Gasteiger partial charge in [0.25, 0.3) is 0 Å². The van der Waals surface area contributed by atoms with Crippen molar-refractivity contribution in [2.75, 3.05) is 21.3 Å². The molecule has 0 unspecified atom stereocenters. The molecule has 0 spiro atoms. The fourth-order valence-corrected chi connectivity index (χ4v) is 3.21. The molecule has 0 saturated heterocycles. The lowest BCUT2D eigenvalue weighted by atomic mass is 10.1. The van der Waals surface area contributed by atoms with E-state index in [1.165, 1.54) is 4.88 Å². The van der Waals surface area contributed by atoms with E-state index in [1.807, 2.05) is 12.1 Å². The first kappa shape index (κ1) is 18.1. The van der Waals surface area contributed by atoms with Crippen LogP contribution in [0.3, 0.4) is 0 Å². The van der Waals surface area contributed by atoms with Crippen molar-refractivity contribution >= 4 is 17.2 Å². The second-order valence-electron chi connectivity index (χ2n) is 5.20. The van der Waals surface area contributed by atoms with Crippen molar-refractivity contribution in [2.45, 2.75) is 25.8 Å². The highest BCUT2D eigenvalue weighted by Gasteiger charge is 2.16. The number of methoxy groups -OCH3 is 3. The van der Waals surface area contributed by atoms with E-state index in [4.69, 9.17) is 14.2 Å². The van der Waals surface area contributed by atoms with E-state index in [0.717, 1.165) is 18.4 Å². The van der Waals surface area contributed by atoms with Gasteiger partial charge >= 0.3 is 0 Å². The average Bonchev–Trinajstić information content (AvgIpc) is 3.12. The zero-order valence-corrected chi connectivity index (χ0v) is 15.1. The first-order chi connectivity index (χ1) is 11.7. The summed E-state index contributed by atoms with van der Waals surface area (Å²) < 4.78 is 16.0. The van der Waals surface area contributed by atoms with Crippen molar-refractivity contribution in [3.63, 3.8) is 0 Å². The molecule has 0 atom stereocenters. The minimum Gasteiger partial charge on any atom is -0.493 e. The molecule has 0 aliphatic rings. The van der Waals surface area contributed by atoms with Crippen molar-refractivity contribution in [1.29, 1.82) is 0 Å². The maximum Gasteiger partial charge on any atom is 0.220 e. The number of thiophene rings is 1. The number of hydrogen-bond acceptors (Lipinski definition) is 5. The van der Waals surface area contributed by atoms with Crippen molar-refractivity contribution < 1.29 is 19.0 Å². The van der Waals surface area contributed by atoms with Crippen LogP contribution in [0.25, 0.3) is 0 Å². The lowest BCUT2D eigenvalue weighted by Crippen LogP contribution is -2.22. The molecule has 6 heteroatoms. The fourth-order valence-electron chi connectivity index (χ4n) is 2.46. The van der Waals surface area contributed by atoms with Gasteiger partial charge in [-0.1, -0.05) is 6.07 Å². The molecule has 1 amide bonds. The number of rotatable bonds is 9. The zero-order valence-electron chi connectivity index (χ0n) is 14.3. The van der Waals surface area contributed by atoms with E-state index in [9.17, 15) is 4.79 Å². The Morgan fingerprint density at radius 1 is 1.08 bits per heavy atom. The van der Waals surface area contributed by atoms with E-state index >= 15 is 0 Å². The van der Waals surface area contributed by atoms with Crippen molar-refractivity contribution in [1.82, 2.24) is 5.32 Å². The number of benzene rings is 1. The van der Waals surface area contributed by atoms with Gasteiger partial charge in [0.1, 0.15) is 0 Å². The number of hydrogen-bond donors (Lipinski definition) is 1. The summed E-state index contributed by atoms with van der Waals surface area (Å²) in [6.45, 7) is 0.390. The van der Waals surface area contributed by atoms with Gasteiger partial charge in [0.2, 0.25) is 11.7 Å². The molecule has 2 aromatic rings. The summed E-state index contributed by atoms with van der Waals surface area (Å²) in [5.74, 6) is 1.74. The Bertz CT molecular complexity index is 655. The summed E-state index contributed by atoms with van der Waals surface area (Å²) in [7, 11) is 4.71. The molecule has 2 rings (SSSR count). The van der Waals surface area contributed by atoms with Gasteiger partial charge in [0, 0.05) is 23.4 Å². The van der Waals surface area contributed by atoms with Crippen LogP contribution in [0.4, 0.5) is 0 Å². The minimum atomic E-state index is 0.0309. The lowest BCUT2D eigenvalue weighted by Gasteiger charge is -2.16.